The van der Waals surface area contributed by atoms with Crippen molar-refractivity contribution >= 4 is 23.2 Å². The molecule has 0 aliphatic rings. The van der Waals surface area contributed by atoms with E-state index in [1.807, 2.05) is 36.5 Å². The molecule has 0 aliphatic heterocycles. The van der Waals surface area contributed by atoms with E-state index in [0.29, 0.717) is 25.3 Å². The number of halogens is 1. The number of aromatic nitrogens is 2. The average Bonchev–Trinajstić information content (AvgIpc) is 2.85. The van der Waals surface area contributed by atoms with E-state index < -0.39 is 0 Å². The lowest BCUT2D eigenvalue weighted by Gasteiger charge is -2.02. The van der Waals surface area contributed by atoms with Gasteiger partial charge in [0, 0.05) is 18.5 Å². The second kappa shape index (κ2) is 6.95. The Morgan fingerprint density at radius 2 is 2.11 bits per heavy atom. The molecule has 1 N–H and O–H groups in total. The highest BCUT2D eigenvalue weighted by Crippen LogP contribution is 2.08. The third-order valence-electron chi connectivity index (χ3n) is 2.64. The largest absolute Gasteiger partial charge is 0.323 e. The summed E-state index contributed by atoms with van der Waals surface area (Å²) in [5.41, 5.74) is 1.89. The van der Waals surface area contributed by atoms with Crippen LogP contribution in [0.5, 0.6) is 0 Å². The zero-order chi connectivity index (χ0) is 13.5. The Morgan fingerprint density at radius 1 is 1.32 bits per heavy atom. The molecule has 1 aromatic heterocycles. The summed E-state index contributed by atoms with van der Waals surface area (Å²) in [5.74, 6) is 0.473. The first-order valence-electron chi connectivity index (χ1n) is 6.20. The van der Waals surface area contributed by atoms with Crippen LogP contribution in [0.3, 0.4) is 0 Å². The Morgan fingerprint density at radius 3 is 2.84 bits per heavy atom. The zero-order valence-corrected chi connectivity index (χ0v) is 11.3. The highest BCUT2D eigenvalue weighted by atomic mass is 35.5. The summed E-state index contributed by atoms with van der Waals surface area (Å²) in [6.45, 7) is 0.693. The van der Waals surface area contributed by atoms with Crippen molar-refractivity contribution in [2.45, 2.75) is 19.4 Å². The number of benzene rings is 1. The van der Waals surface area contributed by atoms with Crippen molar-refractivity contribution in [3.63, 3.8) is 0 Å². The fraction of sp³-hybridized carbons (Fsp3) is 0.286. The molecule has 1 heterocycles. The fourth-order valence-corrected chi connectivity index (χ4v) is 1.87. The molecule has 0 radical (unpaired) electrons. The molecule has 100 valence electrons. The second-order valence-corrected chi connectivity index (χ2v) is 4.63. The number of carbonyl (C=O) groups excluding carboxylic acids is 1. The second-order valence-electron chi connectivity index (χ2n) is 4.25. The zero-order valence-electron chi connectivity index (χ0n) is 10.6. The molecule has 0 aliphatic carbocycles. The lowest BCUT2D eigenvalue weighted by molar-refractivity contribution is -0.116. The van der Waals surface area contributed by atoms with Crippen molar-refractivity contribution in [3.05, 3.63) is 48.3 Å². The van der Waals surface area contributed by atoms with Crippen LogP contribution in [0, 0.1) is 0 Å². The molecule has 4 nitrogen and oxygen atoms in total. The normalized spacial score (nSPS) is 10.4. The van der Waals surface area contributed by atoms with Crippen LogP contribution in [0.25, 0.3) is 0 Å². The van der Waals surface area contributed by atoms with Gasteiger partial charge in [-0.3, -0.25) is 9.48 Å². The third-order valence-corrected chi connectivity index (χ3v) is 2.91. The van der Waals surface area contributed by atoms with Crippen LogP contribution in [0.1, 0.15) is 18.4 Å². The van der Waals surface area contributed by atoms with Crippen LogP contribution >= 0.6 is 11.6 Å². The molecule has 1 aromatic carbocycles. The van der Waals surface area contributed by atoms with Gasteiger partial charge in [-0.1, -0.05) is 30.3 Å². The average molecular weight is 278 g/mol. The van der Waals surface area contributed by atoms with Crippen LogP contribution in [0.4, 0.5) is 5.69 Å². The van der Waals surface area contributed by atoms with Gasteiger partial charge in [0.1, 0.15) is 0 Å². The van der Waals surface area contributed by atoms with Gasteiger partial charge in [-0.05, 0) is 12.0 Å². The summed E-state index contributed by atoms with van der Waals surface area (Å²) in [5, 5.41) is 7.02. The number of hydrogen-bond donors (Lipinski definition) is 1. The Hall–Kier alpha value is -1.81. The maximum absolute atomic E-state index is 11.5. The maximum atomic E-state index is 11.5. The third kappa shape index (κ3) is 4.41. The molecule has 0 spiro atoms. The minimum absolute atomic E-state index is 0.0279. The van der Waals surface area contributed by atoms with Crippen LogP contribution < -0.4 is 5.32 Å². The van der Waals surface area contributed by atoms with E-state index in [1.165, 1.54) is 5.56 Å². The van der Waals surface area contributed by atoms with Gasteiger partial charge >= 0.3 is 0 Å². The first-order chi connectivity index (χ1) is 9.28. The van der Waals surface area contributed by atoms with Gasteiger partial charge < -0.3 is 5.32 Å². The highest BCUT2D eigenvalue weighted by Gasteiger charge is 2.04. The topological polar surface area (TPSA) is 46.9 Å². The molecule has 5 heteroatoms. The number of anilines is 1. The van der Waals surface area contributed by atoms with Gasteiger partial charge in [0.05, 0.1) is 18.4 Å². The molecule has 0 atom stereocenters. The molecular formula is C14H16ClN3O. The molecule has 0 saturated heterocycles. The molecular weight excluding hydrogens is 262 g/mol. The van der Waals surface area contributed by atoms with Crippen molar-refractivity contribution in [2.24, 2.45) is 0 Å². The van der Waals surface area contributed by atoms with E-state index in [2.05, 4.69) is 10.4 Å². The summed E-state index contributed by atoms with van der Waals surface area (Å²) < 4.78 is 1.80. The van der Waals surface area contributed by atoms with Crippen molar-refractivity contribution in [3.8, 4) is 0 Å². The smallest absolute Gasteiger partial charge is 0.224 e. The SMILES string of the molecule is O=C(CCCCl)Nc1cnn(Cc2ccccc2)c1. The molecule has 1 amide bonds. The number of nitrogens with zero attached hydrogens (tertiary/aromatic N) is 2. The number of alkyl halides is 1. The van der Waals surface area contributed by atoms with E-state index in [-0.39, 0.29) is 5.91 Å². The van der Waals surface area contributed by atoms with Crippen LogP contribution in [-0.2, 0) is 11.3 Å². The summed E-state index contributed by atoms with van der Waals surface area (Å²) >= 11 is 5.55. The predicted octanol–water partition coefficient (Wildman–Crippen LogP) is 2.89. The minimum atomic E-state index is -0.0279. The summed E-state index contributed by atoms with van der Waals surface area (Å²) in [7, 11) is 0. The minimum Gasteiger partial charge on any atom is -0.323 e. The predicted molar refractivity (Wildman–Crippen MR) is 76.4 cm³/mol. The van der Waals surface area contributed by atoms with Crippen LogP contribution in [-0.4, -0.2) is 21.6 Å². The number of hydrogen-bond acceptors (Lipinski definition) is 2. The molecule has 0 fully saturated rings. The first-order valence-corrected chi connectivity index (χ1v) is 6.73. The monoisotopic (exact) mass is 277 g/mol. The molecule has 0 bridgehead atoms. The van der Waals surface area contributed by atoms with E-state index in [4.69, 9.17) is 11.6 Å². The van der Waals surface area contributed by atoms with Crippen molar-refractivity contribution in [1.82, 2.24) is 9.78 Å². The summed E-state index contributed by atoms with van der Waals surface area (Å²) in [6, 6.07) is 10.1. The Labute approximate surface area is 117 Å². The lowest BCUT2D eigenvalue weighted by Crippen LogP contribution is -2.10. The van der Waals surface area contributed by atoms with Crippen molar-refractivity contribution < 1.29 is 4.79 Å². The number of nitrogens with one attached hydrogen (secondary N) is 1. The van der Waals surface area contributed by atoms with Crippen molar-refractivity contribution in [1.29, 1.82) is 0 Å². The molecule has 0 saturated carbocycles. The van der Waals surface area contributed by atoms with Gasteiger partial charge in [0.25, 0.3) is 0 Å². The van der Waals surface area contributed by atoms with Gasteiger partial charge in [0.2, 0.25) is 5.91 Å². The molecule has 2 rings (SSSR count). The molecule has 2 aromatic rings. The number of rotatable bonds is 6. The number of carbonyl (C=O) groups is 1. The standard InChI is InChI=1S/C14H16ClN3O/c15-8-4-7-14(19)17-13-9-16-18(11-13)10-12-5-2-1-3-6-12/h1-3,5-6,9,11H,4,7-8,10H2,(H,17,19). The number of amides is 1. The van der Waals surface area contributed by atoms with E-state index in [9.17, 15) is 4.79 Å². The Kier molecular flexibility index (Phi) is 4.98. The van der Waals surface area contributed by atoms with E-state index >= 15 is 0 Å². The molecule has 0 unspecified atom stereocenters. The van der Waals surface area contributed by atoms with Gasteiger partial charge in [0.15, 0.2) is 0 Å². The van der Waals surface area contributed by atoms with Gasteiger partial charge in [-0.25, -0.2) is 0 Å². The van der Waals surface area contributed by atoms with Crippen molar-refractivity contribution in [2.75, 3.05) is 11.2 Å². The van der Waals surface area contributed by atoms with E-state index in [0.717, 1.165) is 5.69 Å². The quantitative estimate of drug-likeness (QED) is 0.826. The Bertz CT molecular complexity index is 524. The lowest BCUT2D eigenvalue weighted by atomic mass is 10.2. The van der Waals surface area contributed by atoms with Crippen LogP contribution in [0.2, 0.25) is 0 Å². The van der Waals surface area contributed by atoms with Crippen LogP contribution in [0.15, 0.2) is 42.7 Å². The Balaban J connectivity index is 1.90. The van der Waals surface area contributed by atoms with Gasteiger partial charge in [-0.15, -0.1) is 11.6 Å². The summed E-state index contributed by atoms with van der Waals surface area (Å²) in [6.07, 6.45) is 4.60. The first kappa shape index (κ1) is 13.6. The molecule has 19 heavy (non-hydrogen) atoms. The maximum Gasteiger partial charge on any atom is 0.224 e. The fourth-order valence-electron chi connectivity index (χ4n) is 1.74. The summed E-state index contributed by atoms with van der Waals surface area (Å²) in [4.78, 5) is 11.5. The highest BCUT2D eigenvalue weighted by molar-refractivity contribution is 6.18. The van der Waals surface area contributed by atoms with Gasteiger partial charge in [-0.2, -0.15) is 5.10 Å². The van der Waals surface area contributed by atoms with E-state index in [1.54, 1.807) is 10.9 Å².